The Hall–Kier alpha value is -6.98. The first-order valence-electron chi connectivity index (χ1n) is 16.9. The highest BCUT2D eigenvalue weighted by Gasteiger charge is 2.14. The Kier molecular flexibility index (Phi) is 5.89. The van der Waals surface area contributed by atoms with Gasteiger partial charge in [-0.2, -0.15) is 0 Å². The highest BCUT2D eigenvalue weighted by molar-refractivity contribution is 6.09. The maximum atomic E-state index is 6.31. The third kappa shape index (κ3) is 4.49. The summed E-state index contributed by atoms with van der Waals surface area (Å²) in [5, 5.41) is 6.51. The van der Waals surface area contributed by atoms with Crippen LogP contribution in [0.5, 0.6) is 0 Å². The number of aromatic nitrogens is 2. The topological polar surface area (TPSA) is 65.2 Å². The van der Waals surface area contributed by atoms with E-state index in [2.05, 4.69) is 119 Å². The van der Waals surface area contributed by atoms with Crippen LogP contribution < -0.4 is 0 Å². The van der Waals surface area contributed by atoms with Gasteiger partial charge in [0.25, 0.3) is 0 Å². The van der Waals surface area contributed by atoms with Gasteiger partial charge in [-0.3, -0.25) is 9.97 Å². The van der Waals surface area contributed by atoms with E-state index in [-0.39, 0.29) is 0 Å². The van der Waals surface area contributed by atoms with Crippen LogP contribution in [0.3, 0.4) is 0 Å². The lowest BCUT2D eigenvalue weighted by atomic mass is 9.95. The van der Waals surface area contributed by atoms with E-state index < -0.39 is 0 Å². The molecule has 0 amide bonds. The lowest BCUT2D eigenvalue weighted by molar-refractivity contribution is 0.666. The molecule has 6 aromatic carbocycles. The molecule has 0 aliphatic carbocycles. The van der Waals surface area contributed by atoms with Gasteiger partial charge in [0.15, 0.2) is 11.2 Å². The Morgan fingerprint density at radius 1 is 0.275 bits per heavy atom. The minimum absolute atomic E-state index is 0.796. The van der Waals surface area contributed by atoms with Crippen LogP contribution in [-0.2, 0) is 0 Å². The molecule has 0 N–H and O–H groups in total. The van der Waals surface area contributed by atoms with Crippen molar-refractivity contribution >= 4 is 65.8 Å². The average Bonchev–Trinajstić information content (AvgIpc) is 3.88. The van der Waals surface area contributed by atoms with Gasteiger partial charge in [-0.15, -0.1) is 0 Å². The lowest BCUT2D eigenvalue weighted by Crippen LogP contribution is -1.84. The van der Waals surface area contributed by atoms with E-state index in [1.54, 1.807) is 18.6 Å². The predicted molar refractivity (Wildman–Crippen MR) is 206 cm³/mol. The molecule has 0 atom stereocenters. The standard InChI is InChI=1S/C46H26N2O3/c1-3-27(19-29(5-1)31-7-11-41-37(21-31)35-15-17-47-25-45(35)50-41)28-4-2-6-30(20-28)32-8-13-43-39(23-32)40-24-34(10-14-44(40)49-43)33-9-12-42-38(22-33)36-16-18-48-26-46(36)51-42/h1-26H. The van der Waals surface area contributed by atoms with E-state index in [0.29, 0.717) is 0 Å². The zero-order chi connectivity index (χ0) is 33.5. The molecule has 11 aromatic rings. The summed E-state index contributed by atoms with van der Waals surface area (Å²) in [6.07, 6.45) is 7.16. The monoisotopic (exact) mass is 654 g/mol. The van der Waals surface area contributed by atoms with Gasteiger partial charge in [0, 0.05) is 44.7 Å². The molecule has 0 aliphatic heterocycles. The van der Waals surface area contributed by atoms with Crippen molar-refractivity contribution in [3.63, 3.8) is 0 Å². The molecule has 11 rings (SSSR count). The van der Waals surface area contributed by atoms with Crippen molar-refractivity contribution in [2.45, 2.75) is 0 Å². The second-order valence-corrected chi connectivity index (χ2v) is 13.1. The summed E-state index contributed by atoms with van der Waals surface area (Å²) in [4.78, 5) is 8.43. The summed E-state index contributed by atoms with van der Waals surface area (Å²) in [7, 11) is 0. The number of furan rings is 3. The van der Waals surface area contributed by atoms with Gasteiger partial charge >= 0.3 is 0 Å². The first-order chi connectivity index (χ1) is 25.2. The van der Waals surface area contributed by atoms with Gasteiger partial charge < -0.3 is 13.3 Å². The summed E-state index contributed by atoms with van der Waals surface area (Å²) >= 11 is 0. The average molecular weight is 655 g/mol. The van der Waals surface area contributed by atoms with Gasteiger partial charge in [-0.05, 0) is 117 Å². The molecule has 0 bridgehead atoms. The van der Waals surface area contributed by atoms with E-state index in [4.69, 9.17) is 13.3 Å². The van der Waals surface area contributed by atoms with E-state index in [1.807, 2.05) is 30.5 Å². The normalized spacial score (nSPS) is 11.9. The Balaban J connectivity index is 0.960. The Morgan fingerprint density at radius 3 is 0.961 bits per heavy atom. The van der Waals surface area contributed by atoms with Gasteiger partial charge in [0.2, 0.25) is 0 Å². The molecule has 0 aliphatic rings. The van der Waals surface area contributed by atoms with Gasteiger partial charge in [0.05, 0.1) is 12.4 Å². The van der Waals surface area contributed by atoms with Crippen molar-refractivity contribution in [2.75, 3.05) is 0 Å². The molecule has 5 aromatic heterocycles. The fourth-order valence-electron chi connectivity index (χ4n) is 7.52. The predicted octanol–water partition coefficient (Wildman–Crippen LogP) is 12.8. The molecule has 5 heteroatoms. The van der Waals surface area contributed by atoms with Crippen molar-refractivity contribution in [1.29, 1.82) is 0 Å². The molecule has 0 saturated carbocycles. The first-order valence-corrected chi connectivity index (χ1v) is 16.9. The number of hydrogen-bond donors (Lipinski definition) is 0. The van der Waals surface area contributed by atoms with Crippen molar-refractivity contribution in [3.8, 4) is 44.5 Å². The Bertz CT molecular complexity index is 3160. The zero-order valence-corrected chi connectivity index (χ0v) is 27.1. The molecule has 0 spiro atoms. The Labute approximate surface area is 291 Å². The van der Waals surface area contributed by atoms with Gasteiger partial charge in [-0.25, -0.2) is 0 Å². The lowest BCUT2D eigenvalue weighted by Gasteiger charge is -2.09. The smallest absolute Gasteiger partial charge is 0.153 e. The SMILES string of the molecule is c1cc(-c2cccc(-c3ccc4oc5ccc(-c6ccc7oc8cnccc8c7c6)cc5c4c3)c2)cc(-c2ccc3oc4cnccc4c3c2)c1. The number of nitrogens with zero attached hydrogens (tertiary/aromatic N) is 2. The molecule has 5 nitrogen and oxygen atoms in total. The van der Waals surface area contributed by atoms with Crippen LogP contribution in [0.1, 0.15) is 0 Å². The van der Waals surface area contributed by atoms with Crippen LogP contribution in [-0.4, -0.2) is 9.97 Å². The van der Waals surface area contributed by atoms with Crippen LogP contribution in [0.25, 0.3) is 110 Å². The Morgan fingerprint density at radius 2 is 0.588 bits per heavy atom. The minimum atomic E-state index is 0.796. The molecule has 0 saturated heterocycles. The molecule has 0 radical (unpaired) electrons. The van der Waals surface area contributed by atoms with Crippen LogP contribution in [0.4, 0.5) is 0 Å². The van der Waals surface area contributed by atoms with Gasteiger partial charge in [-0.1, -0.05) is 60.7 Å². The van der Waals surface area contributed by atoms with E-state index in [9.17, 15) is 0 Å². The van der Waals surface area contributed by atoms with Crippen molar-refractivity contribution in [3.05, 3.63) is 158 Å². The summed E-state index contributed by atoms with van der Waals surface area (Å²) in [5.41, 5.74) is 14.2. The summed E-state index contributed by atoms with van der Waals surface area (Å²) < 4.78 is 18.3. The second kappa shape index (κ2) is 10.8. The van der Waals surface area contributed by atoms with Crippen LogP contribution in [0.15, 0.2) is 171 Å². The summed E-state index contributed by atoms with van der Waals surface area (Å²) in [6.45, 7) is 0. The number of rotatable bonds is 4. The number of benzene rings is 6. The maximum Gasteiger partial charge on any atom is 0.153 e. The first kappa shape index (κ1) is 27.9. The highest BCUT2D eigenvalue weighted by atomic mass is 16.3. The summed E-state index contributed by atoms with van der Waals surface area (Å²) in [5.74, 6) is 0. The molecule has 0 fully saturated rings. The third-order valence-electron chi connectivity index (χ3n) is 10.1. The van der Waals surface area contributed by atoms with E-state index >= 15 is 0 Å². The van der Waals surface area contributed by atoms with Crippen molar-refractivity contribution in [1.82, 2.24) is 9.97 Å². The van der Waals surface area contributed by atoms with Crippen LogP contribution >= 0.6 is 0 Å². The molecule has 51 heavy (non-hydrogen) atoms. The van der Waals surface area contributed by atoms with Crippen LogP contribution in [0, 0.1) is 0 Å². The molecule has 5 heterocycles. The number of fused-ring (bicyclic) bond motifs is 9. The van der Waals surface area contributed by atoms with E-state index in [1.165, 1.54) is 0 Å². The summed E-state index contributed by atoms with van der Waals surface area (Å²) in [6, 6.07) is 47.2. The fraction of sp³-hybridized carbons (Fsp3) is 0. The van der Waals surface area contributed by atoms with E-state index in [0.717, 1.165) is 110 Å². The number of hydrogen-bond acceptors (Lipinski definition) is 5. The molecular weight excluding hydrogens is 629 g/mol. The highest BCUT2D eigenvalue weighted by Crippen LogP contribution is 2.38. The quantitative estimate of drug-likeness (QED) is 0.189. The molecular formula is C46H26N2O3. The molecule has 0 unspecified atom stereocenters. The molecule has 238 valence electrons. The van der Waals surface area contributed by atoms with Gasteiger partial charge in [0.1, 0.15) is 22.3 Å². The van der Waals surface area contributed by atoms with Crippen LogP contribution in [0.2, 0.25) is 0 Å². The van der Waals surface area contributed by atoms with Crippen molar-refractivity contribution in [2.24, 2.45) is 0 Å². The minimum Gasteiger partial charge on any atom is -0.456 e. The largest absolute Gasteiger partial charge is 0.456 e. The second-order valence-electron chi connectivity index (χ2n) is 13.1. The third-order valence-corrected chi connectivity index (χ3v) is 10.1. The number of pyridine rings is 2. The zero-order valence-electron chi connectivity index (χ0n) is 27.1. The maximum absolute atomic E-state index is 6.31. The fourth-order valence-corrected chi connectivity index (χ4v) is 7.52. The van der Waals surface area contributed by atoms with Crippen molar-refractivity contribution < 1.29 is 13.3 Å².